The van der Waals surface area contributed by atoms with Crippen LogP contribution in [0.1, 0.15) is 72.1 Å². The molecular weight excluding hydrogens is 340 g/mol. The molecule has 3 unspecified atom stereocenters. The predicted octanol–water partition coefficient (Wildman–Crippen LogP) is 3.17. The van der Waals surface area contributed by atoms with E-state index in [1.807, 2.05) is 0 Å². The van der Waals surface area contributed by atoms with Gasteiger partial charge in [0.2, 0.25) is 0 Å². The fourth-order valence-electron chi connectivity index (χ4n) is 8.36. The van der Waals surface area contributed by atoms with Crippen molar-refractivity contribution in [1.82, 2.24) is 0 Å². The van der Waals surface area contributed by atoms with Gasteiger partial charge in [0.1, 0.15) is 5.78 Å². The monoisotopic (exact) mass is 378 g/mol. The first-order valence-electron chi connectivity index (χ1n) is 11.2. The average Bonchev–Trinajstić information content (AvgIpc) is 2.99. The maximum atomic E-state index is 13.1. The lowest BCUT2D eigenvalue weighted by molar-refractivity contribution is -0.160. The van der Waals surface area contributed by atoms with Crippen LogP contribution in [0.5, 0.6) is 0 Å². The van der Waals surface area contributed by atoms with Crippen molar-refractivity contribution in [3.05, 3.63) is 0 Å². The number of hydrogen-bond donors (Lipinski definition) is 3. The van der Waals surface area contributed by atoms with Gasteiger partial charge in [-0.25, -0.2) is 0 Å². The van der Waals surface area contributed by atoms with E-state index >= 15 is 0 Å². The Morgan fingerprint density at radius 1 is 1.07 bits per heavy atom. The van der Waals surface area contributed by atoms with Crippen molar-refractivity contribution in [2.75, 3.05) is 6.61 Å². The number of carbonyl (C=O) groups excluding carboxylic acids is 1. The minimum absolute atomic E-state index is 0.0548. The minimum Gasteiger partial charge on any atom is -0.394 e. The summed E-state index contributed by atoms with van der Waals surface area (Å²) in [7, 11) is 0. The number of aliphatic hydroxyl groups excluding tert-OH is 3. The third kappa shape index (κ3) is 2.85. The molecule has 0 amide bonds. The van der Waals surface area contributed by atoms with Crippen LogP contribution in [-0.2, 0) is 4.79 Å². The highest BCUT2D eigenvalue weighted by molar-refractivity contribution is 5.83. The van der Waals surface area contributed by atoms with E-state index < -0.39 is 6.10 Å². The van der Waals surface area contributed by atoms with Crippen LogP contribution in [0.15, 0.2) is 0 Å². The van der Waals surface area contributed by atoms with Gasteiger partial charge in [0.15, 0.2) is 0 Å². The molecule has 154 valence electrons. The normalized spacial score (nSPS) is 51.9. The summed E-state index contributed by atoms with van der Waals surface area (Å²) < 4.78 is 0. The van der Waals surface area contributed by atoms with E-state index in [1.165, 1.54) is 12.8 Å². The van der Waals surface area contributed by atoms with Gasteiger partial charge in [-0.1, -0.05) is 20.8 Å². The number of rotatable bonds is 3. The summed E-state index contributed by atoms with van der Waals surface area (Å²) >= 11 is 0. The van der Waals surface area contributed by atoms with Crippen LogP contribution in [0.3, 0.4) is 0 Å². The van der Waals surface area contributed by atoms with Crippen LogP contribution in [0.2, 0.25) is 0 Å². The van der Waals surface area contributed by atoms with Crippen molar-refractivity contribution in [3.8, 4) is 0 Å². The summed E-state index contributed by atoms with van der Waals surface area (Å²) in [5, 5.41) is 29.8. The maximum absolute atomic E-state index is 13.1. The van der Waals surface area contributed by atoms with E-state index in [-0.39, 0.29) is 35.4 Å². The molecule has 0 aromatic rings. The second kappa shape index (κ2) is 6.81. The van der Waals surface area contributed by atoms with Gasteiger partial charge < -0.3 is 15.3 Å². The lowest BCUT2D eigenvalue weighted by Gasteiger charge is -2.60. The average molecular weight is 379 g/mol. The Labute approximate surface area is 163 Å². The first-order valence-corrected chi connectivity index (χ1v) is 11.2. The molecule has 4 nitrogen and oxygen atoms in total. The van der Waals surface area contributed by atoms with Crippen molar-refractivity contribution >= 4 is 5.78 Å². The molecule has 4 rings (SSSR count). The Balaban J connectivity index is 1.61. The third-order valence-corrected chi connectivity index (χ3v) is 9.93. The van der Waals surface area contributed by atoms with Crippen LogP contribution in [-0.4, -0.2) is 39.9 Å². The lowest BCUT2D eigenvalue weighted by atomic mass is 9.44. The molecule has 0 aromatic heterocycles. The molecule has 4 aliphatic rings. The summed E-state index contributed by atoms with van der Waals surface area (Å²) in [4.78, 5) is 13.1. The van der Waals surface area contributed by atoms with Gasteiger partial charge in [0, 0.05) is 12.3 Å². The Kier molecular flexibility index (Phi) is 5.01. The molecule has 4 fully saturated rings. The zero-order chi connectivity index (χ0) is 19.6. The molecule has 10 atom stereocenters. The first-order chi connectivity index (χ1) is 12.7. The van der Waals surface area contributed by atoms with Gasteiger partial charge >= 0.3 is 0 Å². The fourth-order valence-corrected chi connectivity index (χ4v) is 8.36. The topological polar surface area (TPSA) is 77.8 Å². The van der Waals surface area contributed by atoms with Crippen LogP contribution >= 0.6 is 0 Å². The molecule has 0 heterocycles. The predicted molar refractivity (Wildman–Crippen MR) is 104 cm³/mol. The Bertz CT molecular complexity index is 591. The second-order valence-electron chi connectivity index (χ2n) is 10.9. The number of carbonyl (C=O) groups is 1. The van der Waals surface area contributed by atoms with Gasteiger partial charge in [-0.05, 0) is 85.4 Å². The third-order valence-electron chi connectivity index (χ3n) is 9.93. The Hall–Kier alpha value is -0.450. The zero-order valence-electron chi connectivity index (χ0n) is 17.2. The molecule has 0 radical (unpaired) electrons. The fraction of sp³-hybridized carbons (Fsp3) is 0.957. The van der Waals surface area contributed by atoms with Crippen LogP contribution in [0.25, 0.3) is 0 Å². The SMILES string of the molecule is C[C@H]([C@H](O)CO)[C@H]1CCC2C3CC(=O)[C@H]4C[C@H](O)CC[C@]4(C)C3CC[C@@]21C. The van der Waals surface area contributed by atoms with E-state index in [2.05, 4.69) is 20.8 Å². The standard InChI is InChI=1S/C23H38O4/c1-13(21(27)12-24)16-4-5-17-15-11-20(26)19-10-14(25)6-8-23(19,3)18(15)7-9-22(16,17)2/h13-19,21,24-25,27H,4-12H2,1-3H3/t13-,14+,15?,16+,17?,18?,19+,21+,22+,23+/m0/s1. The van der Waals surface area contributed by atoms with Crippen molar-refractivity contribution < 1.29 is 20.1 Å². The van der Waals surface area contributed by atoms with Gasteiger partial charge in [-0.2, -0.15) is 0 Å². The van der Waals surface area contributed by atoms with Crippen LogP contribution < -0.4 is 0 Å². The highest BCUT2D eigenvalue weighted by Gasteiger charge is 2.62. The highest BCUT2D eigenvalue weighted by atomic mass is 16.3. The largest absolute Gasteiger partial charge is 0.394 e. The van der Waals surface area contributed by atoms with E-state index in [0.29, 0.717) is 42.3 Å². The molecule has 0 spiro atoms. The summed E-state index contributed by atoms with van der Waals surface area (Å²) in [5.74, 6) is 2.61. The summed E-state index contributed by atoms with van der Waals surface area (Å²) in [6.45, 7) is 6.67. The number of fused-ring (bicyclic) bond motifs is 5. The quantitative estimate of drug-likeness (QED) is 0.705. The number of hydrogen-bond acceptors (Lipinski definition) is 4. The van der Waals surface area contributed by atoms with E-state index in [1.54, 1.807) is 0 Å². The van der Waals surface area contributed by atoms with Crippen molar-refractivity contribution in [2.24, 2.45) is 46.3 Å². The highest BCUT2D eigenvalue weighted by Crippen LogP contribution is 2.67. The first kappa shape index (κ1) is 19.8. The van der Waals surface area contributed by atoms with Crippen molar-refractivity contribution in [2.45, 2.75) is 84.3 Å². The summed E-state index contributed by atoms with van der Waals surface area (Å²) in [6.07, 6.45) is 6.86. The molecule has 0 aliphatic heterocycles. The van der Waals surface area contributed by atoms with Crippen LogP contribution in [0, 0.1) is 46.3 Å². The van der Waals surface area contributed by atoms with Crippen molar-refractivity contribution in [3.63, 3.8) is 0 Å². The van der Waals surface area contributed by atoms with E-state index in [9.17, 15) is 20.1 Å². The Morgan fingerprint density at radius 3 is 2.44 bits per heavy atom. The smallest absolute Gasteiger partial charge is 0.136 e. The van der Waals surface area contributed by atoms with E-state index in [4.69, 9.17) is 0 Å². The van der Waals surface area contributed by atoms with Crippen LogP contribution in [0.4, 0.5) is 0 Å². The number of Topliss-reactive ketones (excluding diaryl/α,β-unsaturated/α-hetero) is 1. The molecule has 0 aromatic carbocycles. The minimum atomic E-state index is -0.641. The molecule has 0 bridgehead atoms. The summed E-state index contributed by atoms with van der Waals surface area (Å²) in [6, 6.07) is 0. The van der Waals surface area contributed by atoms with Gasteiger partial charge in [0.05, 0.1) is 18.8 Å². The molecule has 4 saturated carbocycles. The van der Waals surface area contributed by atoms with Gasteiger partial charge in [-0.15, -0.1) is 0 Å². The van der Waals surface area contributed by atoms with E-state index in [0.717, 1.165) is 25.7 Å². The maximum Gasteiger partial charge on any atom is 0.136 e. The number of ketones is 1. The van der Waals surface area contributed by atoms with Crippen molar-refractivity contribution in [1.29, 1.82) is 0 Å². The molecule has 3 N–H and O–H groups in total. The van der Waals surface area contributed by atoms with Gasteiger partial charge in [-0.3, -0.25) is 4.79 Å². The second-order valence-corrected chi connectivity index (χ2v) is 10.9. The van der Waals surface area contributed by atoms with Gasteiger partial charge in [0.25, 0.3) is 0 Å². The lowest BCUT2D eigenvalue weighted by Crippen LogP contribution is -2.57. The number of aliphatic hydroxyl groups is 3. The zero-order valence-corrected chi connectivity index (χ0v) is 17.2. The summed E-state index contributed by atoms with van der Waals surface area (Å²) in [5.41, 5.74) is 0.239. The molecule has 4 aliphatic carbocycles. The molecule has 0 saturated heterocycles. The molecular formula is C23H38O4. The molecule has 27 heavy (non-hydrogen) atoms. The molecule has 4 heteroatoms. The Morgan fingerprint density at radius 2 is 1.74 bits per heavy atom.